The van der Waals surface area contributed by atoms with Gasteiger partial charge in [0.25, 0.3) is 0 Å². The van der Waals surface area contributed by atoms with Gasteiger partial charge in [0.1, 0.15) is 6.54 Å². The van der Waals surface area contributed by atoms with Crippen LogP contribution in [0.1, 0.15) is 31.2 Å². The molecule has 0 radical (unpaired) electrons. The standard InChI is InChI=1S/C18H31N5O/c1-5-22(16-6-8-20(4)9-7-16)17-11-21(12-17)18(24)13-23-15(3)10-14(2)19-23/h10,16-17H,5-9,11-13H2,1-4H3. The summed E-state index contributed by atoms with van der Waals surface area (Å²) in [5, 5.41) is 4.40. The Bertz CT molecular complexity index is 570. The highest BCUT2D eigenvalue weighted by Gasteiger charge is 2.37. The van der Waals surface area contributed by atoms with Gasteiger partial charge in [-0.25, -0.2) is 0 Å². The van der Waals surface area contributed by atoms with Gasteiger partial charge < -0.3 is 9.80 Å². The summed E-state index contributed by atoms with van der Waals surface area (Å²) in [5.41, 5.74) is 2.03. The lowest BCUT2D eigenvalue weighted by atomic mass is 9.98. The number of nitrogens with zero attached hydrogens (tertiary/aromatic N) is 5. The van der Waals surface area contributed by atoms with Crippen LogP contribution in [0.15, 0.2) is 6.07 Å². The lowest BCUT2D eigenvalue weighted by Gasteiger charge is -2.49. The van der Waals surface area contributed by atoms with Crippen molar-refractivity contribution in [3.05, 3.63) is 17.5 Å². The van der Waals surface area contributed by atoms with Gasteiger partial charge in [0.05, 0.1) is 5.69 Å². The predicted octanol–water partition coefficient (Wildman–Crippen LogP) is 1.13. The molecule has 24 heavy (non-hydrogen) atoms. The summed E-state index contributed by atoms with van der Waals surface area (Å²) in [5.74, 6) is 0.192. The minimum atomic E-state index is 0.192. The number of likely N-dealkylation sites (N-methyl/N-ethyl adjacent to an activating group) is 1. The quantitative estimate of drug-likeness (QED) is 0.810. The minimum absolute atomic E-state index is 0.192. The minimum Gasteiger partial charge on any atom is -0.338 e. The van der Waals surface area contributed by atoms with E-state index in [2.05, 4.69) is 28.9 Å². The molecule has 1 aromatic rings. The normalized spacial score (nSPS) is 20.6. The van der Waals surface area contributed by atoms with Crippen LogP contribution >= 0.6 is 0 Å². The number of aromatic nitrogens is 2. The summed E-state index contributed by atoms with van der Waals surface area (Å²) < 4.78 is 1.82. The number of hydrogen-bond donors (Lipinski definition) is 0. The second kappa shape index (κ2) is 7.23. The molecule has 0 N–H and O–H groups in total. The van der Waals surface area contributed by atoms with Crippen molar-refractivity contribution in [2.45, 2.75) is 52.2 Å². The van der Waals surface area contributed by atoms with Crippen LogP contribution in [0.25, 0.3) is 0 Å². The fourth-order valence-electron chi connectivity index (χ4n) is 4.07. The largest absolute Gasteiger partial charge is 0.338 e. The van der Waals surface area contributed by atoms with Crippen molar-refractivity contribution in [2.75, 3.05) is 39.8 Å². The van der Waals surface area contributed by atoms with E-state index in [0.717, 1.165) is 31.0 Å². The Morgan fingerprint density at radius 2 is 1.92 bits per heavy atom. The van der Waals surface area contributed by atoms with Crippen molar-refractivity contribution in [1.29, 1.82) is 0 Å². The molecule has 0 saturated carbocycles. The van der Waals surface area contributed by atoms with E-state index in [4.69, 9.17) is 0 Å². The molecule has 0 aliphatic carbocycles. The summed E-state index contributed by atoms with van der Waals surface area (Å²) in [6.07, 6.45) is 2.50. The molecule has 0 atom stereocenters. The molecule has 134 valence electrons. The average molecular weight is 333 g/mol. The molecule has 2 aliphatic heterocycles. The fraction of sp³-hybridized carbons (Fsp3) is 0.778. The van der Waals surface area contributed by atoms with Gasteiger partial charge in [0.2, 0.25) is 5.91 Å². The summed E-state index contributed by atoms with van der Waals surface area (Å²) >= 11 is 0. The zero-order valence-electron chi connectivity index (χ0n) is 15.5. The van der Waals surface area contributed by atoms with Crippen LogP contribution in [0.3, 0.4) is 0 Å². The Hall–Kier alpha value is -1.40. The summed E-state index contributed by atoms with van der Waals surface area (Å²) in [6.45, 7) is 11.8. The molecule has 3 heterocycles. The molecule has 1 aromatic heterocycles. The monoisotopic (exact) mass is 333 g/mol. The number of carbonyl (C=O) groups is 1. The summed E-state index contributed by atoms with van der Waals surface area (Å²) in [6, 6.07) is 3.24. The molecule has 6 heteroatoms. The van der Waals surface area contributed by atoms with Crippen LogP contribution < -0.4 is 0 Å². The average Bonchev–Trinajstić information content (AvgIpc) is 2.81. The molecule has 0 spiro atoms. The van der Waals surface area contributed by atoms with E-state index >= 15 is 0 Å². The number of carbonyl (C=O) groups excluding carboxylic acids is 1. The zero-order chi connectivity index (χ0) is 17.3. The molecule has 0 aromatic carbocycles. The molecular weight excluding hydrogens is 302 g/mol. The van der Waals surface area contributed by atoms with E-state index in [9.17, 15) is 4.79 Å². The maximum Gasteiger partial charge on any atom is 0.244 e. The van der Waals surface area contributed by atoms with Crippen LogP contribution in [0.2, 0.25) is 0 Å². The molecule has 0 unspecified atom stereocenters. The highest BCUT2D eigenvalue weighted by atomic mass is 16.2. The molecule has 3 rings (SSSR count). The Morgan fingerprint density at radius 1 is 1.25 bits per heavy atom. The van der Waals surface area contributed by atoms with E-state index in [-0.39, 0.29) is 5.91 Å². The number of rotatable bonds is 5. The smallest absolute Gasteiger partial charge is 0.244 e. The van der Waals surface area contributed by atoms with Crippen molar-refractivity contribution < 1.29 is 4.79 Å². The van der Waals surface area contributed by atoms with E-state index in [1.165, 1.54) is 25.9 Å². The zero-order valence-corrected chi connectivity index (χ0v) is 15.5. The SMILES string of the molecule is CCN(C1CCN(C)CC1)C1CN(C(=O)Cn2nc(C)cc2C)C1. The van der Waals surface area contributed by atoms with Crippen LogP contribution in [0.5, 0.6) is 0 Å². The van der Waals surface area contributed by atoms with Crippen LogP contribution in [-0.2, 0) is 11.3 Å². The van der Waals surface area contributed by atoms with Gasteiger partial charge in [0, 0.05) is 30.9 Å². The Labute approximate surface area is 145 Å². The molecule has 1 amide bonds. The van der Waals surface area contributed by atoms with Crippen LogP contribution in [-0.4, -0.2) is 82.2 Å². The molecule has 2 fully saturated rings. The third-order valence-electron chi connectivity index (χ3n) is 5.59. The first-order valence-corrected chi connectivity index (χ1v) is 9.21. The van der Waals surface area contributed by atoms with Gasteiger partial charge in [-0.3, -0.25) is 14.4 Å². The molecule has 6 nitrogen and oxygen atoms in total. The molecule has 2 saturated heterocycles. The summed E-state index contributed by atoms with van der Waals surface area (Å²) in [4.78, 5) is 19.5. The summed E-state index contributed by atoms with van der Waals surface area (Å²) in [7, 11) is 2.20. The van der Waals surface area contributed by atoms with Crippen molar-refractivity contribution in [1.82, 2.24) is 24.5 Å². The highest BCUT2D eigenvalue weighted by molar-refractivity contribution is 5.77. The highest BCUT2D eigenvalue weighted by Crippen LogP contribution is 2.23. The number of piperidine rings is 1. The van der Waals surface area contributed by atoms with Gasteiger partial charge >= 0.3 is 0 Å². The van der Waals surface area contributed by atoms with E-state index in [0.29, 0.717) is 18.6 Å². The second-order valence-electron chi connectivity index (χ2n) is 7.40. The Balaban J connectivity index is 1.50. The molecule has 0 bridgehead atoms. The Kier molecular flexibility index (Phi) is 5.25. The van der Waals surface area contributed by atoms with Crippen molar-refractivity contribution in [3.8, 4) is 0 Å². The van der Waals surface area contributed by atoms with Gasteiger partial charge in [-0.2, -0.15) is 5.10 Å². The fourth-order valence-corrected chi connectivity index (χ4v) is 4.07. The van der Waals surface area contributed by atoms with E-state index < -0.39 is 0 Å². The maximum absolute atomic E-state index is 12.5. The number of amides is 1. The van der Waals surface area contributed by atoms with Crippen LogP contribution in [0.4, 0.5) is 0 Å². The Morgan fingerprint density at radius 3 is 2.46 bits per heavy atom. The van der Waals surface area contributed by atoms with Crippen molar-refractivity contribution in [3.63, 3.8) is 0 Å². The van der Waals surface area contributed by atoms with Crippen LogP contribution in [0, 0.1) is 13.8 Å². The second-order valence-corrected chi connectivity index (χ2v) is 7.40. The van der Waals surface area contributed by atoms with Gasteiger partial charge in [-0.15, -0.1) is 0 Å². The molecular formula is C18H31N5O. The van der Waals surface area contributed by atoms with Gasteiger partial charge in [-0.1, -0.05) is 6.92 Å². The van der Waals surface area contributed by atoms with E-state index in [1.54, 1.807) is 0 Å². The number of hydrogen-bond acceptors (Lipinski definition) is 4. The molecule has 2 aliphatic rings. The predicted molar refractivity (Wildman–Crippen MR) is 95.0 cm³/mol. The third kappa shape index (κ3) is 3.64. The number of aryl methyl sites for hydroxylation is 2. The van der Waals surface area contributed by atoms with Crippen molar-refractivity contribution in [2.24, 2.45) is 0 Å². The first-order chi connectivity index (χ1) is 11.5. The van der Waals surface area contributed by atoms with E-state index in [1.807, 2.05) is 29.5 Å². The maximum atomic E-state index is 12.5. The lowest BCUT2D eigenvalue weighted by Crippen LogP contribution is -2.64. The first kappa shape index (κ1) is 17.4. The topological polar surface area (TPSA) is 44.6 Å². The third-order valence-corrected chi connectivity index (χ3v) is 5.59. The van der Waals surface area contributed by atoms with Gasteiger partial charge in [-0.05, 0) is 59.4 Å². The van der Waals surface area contributed by atoms with Crippen molar-refractivity contribution >= 4 is 5.91 Å². The lowest BCUT2D eigenvalue weighted by molar-refractivity contribution is -0.140. The van der Waals surface area contributed by atoms with Gasteiger partial charge in [0.15, 0.2) is 0 Å². The number of likely N-dealkylation sites (tertiary alicyclic amines) is 2. The first-order valence-electron chi connectivity index (χ1n) is 9.21.